The van der Waals surface area contributed by atoms with Crippen molar-refractivity contribution in [2.75, 3.05) is 38.2 Å². The van der Waals surface area contributed by atoms with E-state index in [1.165, 1.54) is 38.8 Å². The lowest BCUT2D eigenvalue weighted by atomic mass is 10.2. The molecule has 3 rings (SSSR count). The highest BCUT2D eigenvalue weighted by atomic mass is 16.6. The maximum atomic E-state index is 12.1. The van der Waals surface area contributed by atoms with Crippen LogP contribution in [0.25, 0.3) is 0 Å². The number of carbonyl (C=O) groups is 1. The molecule has 2 heterocycles. The van der Waals surface area contributed by atoms with Crippen molar-refractivity contribution in [2.24, 2.45) is 0 Å². The number of nitrogens with one attached hydrogen (secondary N) is 1. The molecule has 1 aromatic rings. The molecule has 0 spiro atoms. The molecule has 0 bridgehead atoms. The van der Waals surface area contributed by atoms with Gasteiger partial charge in [-0.1, -0.05) is 12.8 Å². The first-order valence-electron chi connectivity index (χ1n) is 9.23. The molecule has 0 aliphatic carbocycles. The fourth-order valence-electron chi connectivity index (χ4n) is 3.33. The molecular formula is C19H28N2O3. The Kier molecular flexibility index (Phi) is 6.35. The van der Waals surface area contributed by atoms with E-state index in [1.807, 2.05) is 18.2 Å². The van der Waals surface area contributed by atoms with E-state index < -0.39 is 0 Å². The SMILES string of the molecule is O=C(CCCCN1CCCCCC1)Nc1ccc2c(c1)OCCO2. The number of likely N-dealkylation sites (tertiary alicyclic amines) is 1. The lowest BCUT2D eigenvalue weighted by Gasteiger charge is -2.19. The zero-order valence-electron chi connectivity index (χ0n) is 14.4. The molecule has 1 saturated heterocycles. The van der Waals surface area contributed by atoms with Gasteiger partial charge in [-0.05, 0) is 57.5 Å². The summed E-state index contributed by atoms with van der Waals surface area (Å²) in [6.45, 7) is 4.71. The minimum absolute atomic E-state index is 0.0718. The molecule has 5 heteroatoms. The normalized spacial score (nSPS) is 18.0. The highest BCUT2D eigenvalue weighted by molar-refractivity contribution is 5.91. The first-order chi connectivity index (χ1) is 11.8. The van der Waals surface area contributed by atoms with Crippen LogP contribution in [0.1, 0.15) is 44.9 Å². The molecule has 1 N–H and O–H groups in total. The maximum absolute atomic E-state index is 12.1. The van der Waals surface area contributed by atoms with Crippen LogP contribution < -0.4 is 14.8 Å². The van der Waals surface area contributed by atoms with Gasteiger partial charge in [-0.3, -0.25) is 4.79 Å². The zero-order chi connectivity index (χ0) is 16.6. The summed E-state index contributed by atoms with van der Waals surface area (Å²) in [5, 5.41) is 2.95. The number of benzene rings is 1. The predicted octanol–water partition coefficient (Wildman–Crippen LogP) is 3.44. The molecule has 24 heavy (non-hydrogen) atoms. The van der Waals surface area contributed by atoms with Crippen molar-refractivity contribution in [1.82, 2.24) is 4.90 Å². The van der Waals surface area contributed by atoms with Crippen LogP contribution in [0.2, 0.25) is 0 Å². The van der Waals surface area contributed by atoms with Crippen LogP contribution in [-0.4, -0.2) is 43.7 Å². The second kappa shape index (κ2) is 8.92. The largest absolute Gasteiger partial charge is 0.486 e. The van der Waals surface area contributed by atoms with Crippen LogP contribution in [0.3, 0.4) is 0 Å². The van der Waals surface area contributed by atoms with Gasteiger partial charge in [0.1, 0.15) is 13.2 Å². The summed E-state index contributed by atoms with van der Waals surface area (Å²) in [7, 11) is 0. The second-order valence-electron chi connectivity index (χ2n) is 6.62. The van der Waals surface area contributed by atoms with Crippen molar-refractivity contribution in [2.45, 2.75) is 44.9 Å². The summed E-state index contributed by atoms with van der Waals surface area (Å²) in [4.78, 5) is 14.6. The topological polar surface area (TPSA) is 50.8 Å². The fraction of sp³-hybridized carbons (Fsp3) is 0.632. The minimum Gasteiger partial charge on any atom is -0.486 e. The van der Waals surface area contributed by atoms with Gasteiger partial charge in [0.15, 0.2) is 11.5 Å². The summed E-state index contributed by atoms with van der Waals surface area (Å²) in [6.07, 6.45) is 7.99. The van der Waals surface area contributed by atoms with Gasteiger partial charge in [-0.25, -0.2) is 0 Å². The summed E-state index contributed by atoms with van der Waals surface area (Å²) in [5.74, 6) is 1.53. The number of hydrogen-bond donors (Lipinski definition) is 1. The number of carbonyl (C=O) groups excluding carboxylic acids is 1. The summed E-state index contributed by atoms with van der Waals surface area (Å²) < 4.78 is 11.0. The van der Waals surface area contributed by atoms with Crippen molar-refractivity contribution < 1.29 is 14.3 Å². The highest BCUT2D eigenvalue weighted by Gasteiger charge is 2.13. The molecule has 2 aliphatic rings. The minimum atomic E-state index is 0.0718. The maximum Gasteiger partial charge on any atom is 0.224 e. The van der Waals surface area contributed by atoms with E-state index in [0.29, 0.717) is 25.4 Å². The second-order valence-corrected chi connectivity index (χ2v) is 6.62. The van der Waals surface area contributed by atoms with Crippen LogP contribution in [0.5, 0.6) is 11.5 Å². The lowest BCUT2D eigenvalue weighted by molar-refractivity contribution is -0.116. The molecule has 0 unspecified atom stereocenters. The van der Waals surface area contributed by atoms with Crippen molar-refractivity contribution in [3.05, 3.63) is 18.2 Å². The molecule has 0 aromatic heterocycles. The smallest absolute Gasteiger partial charge is 0.224 e. The number of amides is 1. The Hall–Kier alpha value is -1.75. The van der Waals surface area contributed by atoms with Crippen molar-refractivity contribution in [1.29, 1.82) is 0 Å². The number of anilines is 1. The molecular weight excluding hydrogens is 304 g/mol. The number of rotatable bonds is 6. The van der Waals surface area contributed by atoms with Crippen molar-refractivity contribution in [3.8, 4) is 11.5 Å². The molecule has 132 valence electrons. The van der Waals surface area contributed by atoms with Crippen LogP contribution in [0, 0.1) is 0 Å². The van der Waals surface area contributed by atoms with E-state index in [9.17, 15) is 4.79 Å². The molecule has 0 radical (unpaired) electrons. The quantitative estimate of drug-likeness (QED) is 0.811. The molecule has 5 nitrogen and oxygen atoms in total. The van der Waals surface area contributed by atoms with Gasteiger partial charge in [0.25, 0.3) is 0 Å². The fourth-order valence-corrected chi connectivity index (χ4v) is 3.33. The number of nitrogens with zero attached hydrogens (tertiary/aromatic N) is 1. The average Bonchev–Trinajstić information content (AvgIpc) is 2.87. The Morgan fingerprint density at radius 3 is 2.54 bits per heavy atom. The molecule has 0 saturated carbocycles. The van der Waals surface area contributed by atoms with Crippen LogP contribution in [-0.2, 0) is 4.79 Å². The summed E-state index contributed by atoms with van der Waals surface area (Å²) in [5.41, 5.74) is 0.775. The highest BCUT2D eigenvalue weighted by Crippen LogP contribution is 2.32. The van der Waals surface area contributed by atoms with Gasteiger partial charge in [-0.2, -0.15) is 0 Å². The monoisotopic (exact) mass is 332 g/mol. The third kappa shape index (κ3) is 5.13. The zero-order valence-corrected chi connectivity index (χ0v) is 14.4. The van der Waals surface area contributed by atoms with E-state index >= 15 is 0 Å². The molecule has 1 amide bonds. The van der Waals surface area contributed by atoms with Gasteiger partial charge in [0.05, 0.1) is 0 Å². The number of fused-ring (bicyclic) bond motifs is 1. The van der Waals surface area contributed by atoms with Gasteiger partial charge in [-0.15, -0.1) is 0 Å². The Morgan fingerprint density at radius 2 is 1.75 bits per heavy atom. The van der Waals surface area contributed by atoms with E-state index in [-0.39, 0.29) is 5.91 Å². The van der Waals surface area contributed by atoms with Gasteiger partial charge >= 0.3 is 0 Å². The average molecular weight is 332 g/mol. The lowest BCUT2D eigenvalue weighted by Crippen LogP contribution is -2.25. The molecule has 1 fully saturated rings. The Balaban J connectivity index is 1.36. The third-order valence-electron chi connectivity index (χ3n) is 4.65. The first kappa shape index (κ1) is 17.1. The van der Waals surface area contributed by atoms with Gasteiger partial charge in [0.2, 0.25) is 5.91 Å². The van der Waals surface area contributed by atoms with Crippen molar-refractivity contribution in [3.63, 3.8) is 0 Å². The van der Waals surface area contributed by atoms with E-state index in [0.717, 1.165) is 30.8 Å². The third-order valence-corrected chi connectivity index (χ3v) is 4.65. The van der Waals surface area contributed by atoms with Crippen LogP contribution >= 0.6 is 0 Å². The number of hydrogen-bond acceptors (Lipinski definition) is 4. The number of unbranched alkanes of at least 4 members (excludes halogenated alkanes) is 1. The van der Waals surface area contributed by atoms with Crippen LogP contribution in [0.4, 0.5) is 5.69 Å². The van der Waals surface area contributed by atoms with Gasteiger partial charge < -0.3 is 19.7 Å². The Labute approximate surface area is 144 Å². The Morgan fingerprint density at radius 1 is 1.00 bits per heavy atom. The van der Waals surface area contributed by atoms with Gasteiger partial charge in [0, 0.05) is 18.2 Å². The standard InChI is InChI=1S/C19H28N2O3/c22-19(7-3-6-12-21-10-4-1-2-5-11-21)20-16-8-9-17-18(15-16)24-14-13-23-17/h8-9,15H,1-7,10-14H2,(H,20,22). The van der Waals surface area contributed by atoms with E-state index in [1.54, 1.807) is 0 Å². The number of ether oxygens (including phenoxy) is 2. The predicted molar refractivity (Wildman–Crippen MR) is 94.8 cm³/mol. The first-order valence-corrected chi connectivity index (χ1v) is 9.23. The summed E-state index contributed by atoms with van der Waals surface area (Å²) >= 11 is 0. The van der Waals surface area contributed by atoms with E-state index in [2.05, 4.69) is 10.2 Å². The Bertz CT molecular complexity index is 539. The van der Waals surface area contributed by atoms with E-state index in [4.69, 9.17) is 9.47 Å². The van der Waals surface area contributed by atoms with Crippen LogP contribution in [0.15, 0.2) is 18.2 Å². The summed E-state index contributed by atoms with van der Waals surface area (Å²) in [6, 6.07) is 5.55. The van der Waals surface area contributed by atoms with Crippen molar-refractivity contribution >= 4 is 11.6 Å². The molecule has 1 aromatic carbocycles. The molecule has 0 atom stereocenters. The molecule has 2 aliphatic heterocycles.